The molecule has 6 heteroatoms. The molecule has 0 saturated carbocycles. The molecule has 0 bridgehead atoms. The molecule has 2 amide bonds. The zero-order valence-corrected chi connectivity index (χ0v) is 13.2. The fraction of sp³-hybridized carbons (Fsp3) is 0.467. The molecule has 0 radical (unpaired) electrons. The van der Waals surface area contributed by atoms with E-state index in [1.807, 2.05) is 13.8 Å². The molecule has 0 heterocycles. The topological polar surface area (TPSA) is 67.4 Å². The van der Waals surface area contributed by atoms with Crippen LogP contribution in [0, 0.1) is 0 Å². The average molecular weight is 313 g/mol. The predicted octanol–water partition coefficient (Wildman–Crippen LogP) is 2.14. The Bertz CT molecular complexity index is 476. The van der Waals surface area contributed by atoms with Crippen molar-refractivity contribution in [3.63, 3.8) is 0 Å². The van der Waals surface area contributed by atoms with E-state index in [4.69, 9.17) is 16.3 Å². The first-order chi connectivity index (χ1) is 9.92. The number of halogens is 1. The molecule has 0 fully saturated rings. The summed E-state index contributed by atoms with van der Waals surface area (Å²) in [5.74, 6) is -0.00722. The van der Waals surface area contributed by atoms with Gasteiger partial charge in [0.15, 0.2) is 6.61 Å². The summed E-state index contributed by atoms with van der Waals surface area (Å²) in [5, 5.41) is 5.99. The molecule has 2 atom stereocenters. The van der Waals surface area contributed by atoms with Crippen molar-refractivity contribution in [2.24, 2.45) is 0 Å². The van der Waals surface area contributed by atoms with Crippen molar-refractivity contribution >= 4 is 23.4 Å². The molecule has 0 aromatic heterocycles. The molecule has 1 aromatic rings. The lowest BCUT2D eigenvalue weighted by Crippen LogP contribution is -2.48. The summed E-state index contributed by atoms with van der Waals surface area (Å²) < 4.78 is 5.30. The summed E-state index contributed by atoms with van der Waals surface area (Å²) in [6.45, 7) is 5.38. The lowest BCUT2D eigenvalue weighted by atomic mass is 10.2. The first-order valence-corrected chi connectivity index (χ1v) is 7.28. The predicted molar refractivity (Wildman–Crippen MR) is 82.4 cm³/mol. The molecular formula is C15H21ClN2O3. The second-order valence-electron chi connectivity index (χ2n) is 4.85. The van der Waals surface area contributed by atoms with E-state index >= 15 is 0 Å². The summed E-state index contributed by atoms with van der Waals surface area (Å²) in [4.78, 5) is 23.5. The molecule has 0 aliphatic heterocycles. The van der Waals surface area contributed by atoms with Gasteiger partial charge in [-0.1, -0.05) is 18.5 Å². The van der Waals surface area contributed by atoms with Gasteiger partial charge in [-0.25, -0.2) is 0 Å². The maximum atomic E-state index is 11.8. The van der Waals surface area contributed by atoms with Crippen LogP contribution in [0.2, 0.25) is 5.02 Å². The number of hydrogen-bond donors (Lipinski definition) is 2. The number of hydrogen-bond acceptors (Lipinski definition) is 3. The summed E-state index contributed by atoms with van der Waals surface area (Å²) in [6, 6.07) is 6.19. The Kier molecular flexibility index (Phi) is 7.02. The van der Waals surface area contributed by atoms with Crippen LogP contribution >= 0.6 is 11.6 Å². The Morgan fingerprint density at radius 2 is 1.81 bits per heavy atom. The number of ether oxygens (including phenoxy) is 1. The highest BCUT2D eigenvalue weighted by Gasteiger charge is 2.16. The van der Waals surface area contributed by atoms with Crippen molar-refractivity contribution in [3.05, 3.63) is 29.3 Å². The molecule has 2 N–H and O–H groups in total. The first-order valence-electron chi connectivity index (χ1n) is 6.90. The maximum Gasteiger partial charge on any atom is 0.258 e. The average Bonchev–Trinajstić information content (AvgIpc) is 2.46. The van der Waals surface area contributed by atoms with E-state index < -0.39 is 6.04 Å². The van der Waals surface area contributed by atoms with E-state index in [0.717, 1.165) is 6.42 Å². The van der Waals surface area contributed by atoms with Gasteiger partial charge in [-0.2, -0.15) is 0 Å². The van der Waals surface area contributed by atoms with Gasteiger partial charge in [0.1, 0.15) is 11.8 Å². The van der Waals surface area contributed by atoms with E-state index in [1.165, 1.54) is 0 Å². The molecule has 0 saturated heterocycles. The van der Waals surface area contributed by atoms with Gasteiger partial charge in [0.2, 0.25) is 5.91 Å². The molecule has 1 rings (SSSR count). The summed E-state index contributed by atoms with van der Waals surface area (Å²) in [7, 11) is 0. The van der Waals surface area contributed by atoms with E-state index in [2.05, 4.69) is 10.6 Å². The van der Waals surface area contributed by atoms with E-state index in [9.17, 15) is 9.59 Å². The molecule has 0 spiro atoms. The molecule has 5 nitrogen and oxygen atoms in total. The standard InChI is InChI=1S/C15H21ClN2O3/c1-4-10(2)17-15(20)11(3)18-14(19)9-21-13-7-5-12(16)6-8-13/h5-8,10-11H,4,9H2,1-3H3,(H,17,20)(H,18,19)/t10-,11-/m1/s1. The Morgan fingerprint density at radius 1 is 1.19 bits per heavy atom. The van der Waals surface area contributed by atoms with Crippen molar-refractivity contribution in [3.8, 4) is 5.75 Å². The van der Waals surface area contributed by atoms with Gasteiger partial charge in [0.25, 0.3) is 5.91 Å². The summed E-state index contributed by atoms with van der Waals surface area (Å²) in [6.07, 6.45) is 0.839. The van der Waals surface area contributed by atoms with Crippen LogP contribution in [-0.4, -0.2) is 30.5 Å². The molecule has 21 heavy (non-hydrogen) atoms. The number of carbonyl (C=O) groups excluding carboxylic acids is 2. The second kappa shape index (κ2) is 8.52. The fourth-order valence-corrected chi connectivity index (χ4v) is 1.62. The highest BCUT2D eigenvalue weighted by Crippen LogP contribution is 2.15. The largest absolute Gasteiger partial charge is 0.484 e. The van der Waals surface area contributed by atoms with Crippen LogP contribution in [0.3, 0.4) is 0 Å². The number of nitrogens with one attached hydrogen (secondary N) is 2. The normalized spacial score (nSPS) is 13.1. The monoisotopic (exact) mass is 312 g/mol. The number of amides is 2. The number of benzene rings is 1. The van der Waals surface area contributed by atoms with Crippen LogP contribution in [0.25, 0.3) is 0 Å². The zero-order valence-electron chi connectivity index (χ0n) is 12.5. The minimum atomic E-state index is -0.597. The number of rotatable bonds is 7. The highest BCUT2D eigenvalue weighted by atomic mass is 35.5. The lowest BCUT2D eigenvalue weighted by molar-refractivity contribution is -0.129. The van der Waals surface area contributed by atoms with E-state index in [1.54, 1.807) is 31.2 Å². The maximum absolute atomic E-state index is 11.8. The Labute approximate surface area is 130 Å². The number of carbonyl (C=O) groups is 2. The van der Waals surface area contributed by atoms with Crippen LogP contribution in [0.4, 0.5) is 0 Å². The molecular weight excluding hydrogens is 292 g/mol. The summed E-state index contributed by atoms with van der Waals surface area (Å²) in [5.41, 5.74) is 0. The molecule has 0 aliphatic rings. The SMILES string of the molecule is CC[C@@H](C)NC(=O)[C@@H](C)NC(=O)COc1ccc(Cl)cc1. The van der Waals surface area contributed by atoms with E-state index in [-0.39, 0.29) is 24.5 Å². The third-order valence-corrected chi connectivity index (χ3v) is 3.21. The highest BCUT2D eigenvalue weighted by molar-refractivity contribution is 6.30. The zero-order chi connectivity index (χ0) is 15.8. The van der Waals surface area contributed by atoms with Gasteiger partial charge in [-0.05, 0) is 44.5 Å². The summed E-state index contributed by atoms with van der Waals surface area (Å²) >= 11 is 5.75. The van der Waals surface area contributed by atoms with Crippen molar-refractivity contribution in [2.45, 2.75) is 39.3 Å². The van der Waals surface area contributed by atoms with Crippen LogP contribution < -0.4 is 15.4 Å². The van der Waals surface area contributed by atoms with Crippen LogP contribution in [0.1, 0.15) is 27.2 Å². The Hall–Kier alpha value is -1.75. The van der Waals surface area contributed by atoms with Crippen molar-refractivity contribution < 1.29 is 14.3 Å². The van der Waals surface area contributed by atoms with Crippen LogP contribution in [0.15, 0.2) is 24.3 Å². The van der Waals surface area contributed by atoms with Crippen molar-refractivity contribution in [1.29, 1.82) is 0 Å². The van der Waals surface area contributed by atoms with Crippen LogP contribution in [-0.2, 0) is 9.59 Å². The molecule has 116 valence electrons. The van der Waals surface area contributed by atoms with Crippen LogP contribution in [0.5, 0.6) is 5.75 Å². The third kappa shape index (κ3) is 6.49. The third-order valence-electron chi connectivity index (χ3n) is 2.96. The van der Waals surface area contributed by atoms with Gasteiger partial charge in [-0.3, -0.25) is 9.59 Å². The first kappa shape index (κ1) is 17.3. The second-order valence-corrected chi connectivity index (χ2v) is 5.29. The Balaban J connectivity index is 2.35. The minimum Gasteiger partial charge on any atom is -0.484 e. The van der Waals surface area contributed by atoms with Gasteiger partial charge in [0.05, 0.1) is 0 Å². The van der Waals surface area contributed by atoms with Gasteiger partial charge >= 0.3 is 0 Å². The van der Waals surface area contributed by atoms with Crippen molar-refractivity contribution in [2.75, 3.05) is 6.61 Å². The van der Waals surface area contributed by atoms with Gasteiger partial charge in [0, 0.05) is 11.1 Å². The van der Waals surface area contributed by atoms with Gasteiger partial charge in [-0.15, -0.1) is 0 Å². The molecule has 0 unspecified atom stereocenters. The minimum absolute atomic E-state index is 0.0853. The quantitative estimate of drug-likeness (QED) is 0.810. The van der Waals surface area contributed by atoms with Crippen molar-refractivity contribution in [1.82, 2.24) is 10.6 Å². The smallest absolute Gasteiger partial charge is 0.258 e. The lowest BCUT2D eigenvalue weighted by Gasteiger charge is -2.17. The fourth-order valence-electron chi connectivity index (χ4n) is 1.50. The molecule has 1 aromatic carbocycles. The Morgan fingerprint density at radius 3 is 2.38 bits per heavy atom. The van der Waals surface area contributed by atoms with Gasteiger partial charge < -0.3 is 15.4 Å². The van der Waals surface area contributed by atoms with E-state index in [0.29, 0.717) is 10.8 Å². The molecule has 0 aliphatic carbocycles.